The lowest BCUT2D eigenvalue weighted by atomic mass is 10.2. The van der Waals surface area contributed by atoms with Crippen molar-refractivity contribution in [2.24, 2.45) is 10.7 Å². The first kappa shape index (κ1) is 14.4. The SMILES string of the molecule is Cc1cc(C)nc(/N=C(/N)Nc2ccc(C(=O)O)cc2)n1. The van der Waals surface area contributed by atoms with Crippen LogP contribution in [0.3, 0.4) is 0 Å². The summed E-state index contributed by atoms with van der Waals surface area (Å²) < 4.78 is 0. The lowest BCUT2D eigenvalue weighted by Crippen LogP contribution is -2.22. The number of carbonyl (C=O) groups is 1. The molecule has 2 aromatic rings. The van der Waals surface area contributed by atoms with Crippen molar-refractivity contribution in [2.45, 2.75) is 13.8 Å². The molecule has 0 unspecified atom stereocenters. The number of nitrogens with two attached hydrogens (primary N) is 1. The van der Waals surface area contributed by atoms with Gasteiger partial charge >= 0.3 is 5.97 Å². The number of nitrogens with one attached hydrogen (secondary N) is 1. The molecule has 0 atom stereocenters. The summed E-state index contributed by atoms with van der Waals surface area (Å²) in [5.41, 5.74) is 8.22. The van der Waals surface area contributed by atoms with Crippen molar-refractivity contribution < 1.29 is 9.90 Å². The Morgan fingerprint density at radius 2 is 1.76 bits per heavy atom. The van der Waals surface area contributed by atoms with Crippen LogP contribution < -0.4 is 11.1 Å². The van der Waals surface area contributed by atoms with Gasteiger partial charge in [-0.25, -0.2) is 14.8 Å². The highest BCUT2D eigenvalue weighted by atomic mass is 16.4. The van der Waals surface area contributed by atoms with E-state index >= 15 is 0 Å². The molecule has 0 aliphatic rings. The van der Waals surface area contributed by atoms with Gasteiger partial charge in [0.05, 0.1) is 5.56 Å². The maximum absolute atomic E-state index is 10.8. The van der Waals surface area contributed by atoms with Gasteiger partial charge in [0.2, 0.25) is 5.96 Å². The number of nitrogens with zero attached hydrogens (tertiary/aromatic N) is 3. The van der Waals surface area contributed by atoms with E-state index in [1.165, 1.54) is 12.1 Å². The lowest BCUT2D eigenvalue weighted by Gasteiger charge is -2.05. The van der Waals surface area contributed by atoms with E-state index in [1.54, 1.807) is 12.1 Å². The Kier molecular flexibility index (Phi) is 4.13. The van der Waals surface area contributed by atoms with Crippen LogP contribution in [0.4, 0.5) is 11.6 Å². The van der Waals surface area contributed by atoms with E-state index in [0.29, 0.717) is 5.69 Å². The van der Waals surface area contributed by atoms with Gasteiger partial charge in [-0.3, -0.25) is 0 Å². The summed E-state index contributed by atoms with van der Waals surface area (Å²) in [5.74, 6) is -0.574. The summed E-state index contributed by atoms with van der Waals surface area (Å²) in [5, 5.41) is 11.7. The Labute approximate surface area is 121 Å². The molecule has 7 nitrogen and oxygen atoms in total. The third-order valence-corrected chi connectivity index (χ3v) is 2.60. The Hall–Kier alpha value is -2.96. The number of aryl methyl sites for hydroxylation is 2. The number of aliphatic imine (C=N–C) groups is 1. The summed E-state index contributed by atoms with van der Waals surface area (Å²) in [4.78, 5) is 23.1. The fourth-order valence-electron chi connectivity index (χ4n) is 1.74. The molecule has 0 saturated carbocycles. The third kappa shape index (κ3) is 4.00. The number of rotatable bonds is 3. The number of aromatic carboxylic acids is 1. The first-order valence-corrected chi connectivity index (χ1v) is 6.21. The minimum absolute atomic E-state index is 0.128. The molecule has 0 saturated heterocycles. The Morgan fingerprint density at radius 1 is 1.19 bits per heavy atom. The fraction of sp³-hybridized carbons (Fsp3) is 0.143. The van der Waals surface area contributed by atoms with Gasteiger partial charge in [-0.15, -0.1) is 0 Å². The Bertz CT molecular complexity index is 675. The number of hydrogen-bond donors (Lipinski definition) is 3. The average Bonchev–Trinajstić information content (AvgIpc) is 2.37. The molecule has 0 radical (unpaired) electrons. The van der Waals surface area contributed by atoms with Crippen molar-refractivity contribution in [1.82, 2.24) is 9.97 Å². The monoisotopic (exact) mass is 285 g/mol. The van der Waals surface area contributed by atoms with Crippen LogP contribution >= 0.6 is 0 Å². The molecule has 1 aromatic carbocycles. The van der Waals surface area contributed by atoms with E-state index in [9.17, 15) is 4.79 Å². The maximum atomic E-state index is 10.8. The van der Waals surface area contributed by atoms with Crippen LogP contribution in [0.1, 0.15) is 21.7 Å². The molecule has 0 fully saturated rings. The molecule has 0 bridgehead atoms. The minimum Gasteiger partial charge on any atom is -0.478 e. The molecule has 1 aromatic heterocycles. The van der Waals surface area contributed by atoms with E-state index in [2.05, 4.69) is 20.3 Å². The third-order valence-electron chi connectivity index (χ3n) is 2.60. The Morgan fingerprint density at radius 3 is 2.29 bits per heavy atom. The van der Waals surface area contributed by atoms with Crippen LogP contribution in [0.15, 0.2) is 35.3 Å². The van der Waals surface area contributed by atoms with Gasteiger partial charge in [0.15, 0.2) is 0 Å². The van der Waals surface area contributed by atoms with Crippen LogP contribution in [0.2, 0.25) is 0 Å². The largest absolute Gasteiger partial charge is 0.478 e. The van der Waals surface area contributed by atoms with Gasteiger partial charge in [-0.05, 0) is 44.2 Å². The quantitative estimate of drug-likeness (QED) is 0.586. The lowest BCUT2D eigenvalue weighted by molar-refractivity contribution is 0.0697. The highest BCUT2D eigenvalue weighted by Gasteiger charge is 2.03. The smallest absolute Gasteiger partial charge is 0.335 e. The zero-order valence-corrected chi connectivity index (χ0v) is 11.7. The van der Waals surface area contributed by atoms with Crippen molar-refractivity contribution in [3.63, 3.8) is 0 Å². The molecule has 21 heavy (non-hydrogen) atoms. The minimum atomic E-state index is -0.980. The Balaban J connectivity index is 2.14. The van der Waals surface area contributed by atoms with Crippen LogP contribution in [-0.2, 0) is 0 Å². The van der Waals surface area contributed by atoms with E-state index in [4.69, 9.17) is 10.8 Å². The van der Waals surface area contributed by atoms with E-state index in [0.717, 1.165) is 11.4 Å². The first-order chi connectivity index (χ1) is 9.94. The molecule has 4 N–H and O–H groups in total. The molecule has 1 heterocycles. The number of carboxylic acid groups (broad SMARTS) is 1. The molecule has 0 spiro atoms. The summed E-state index contributed by atoms with van der Waals surface area (Å²) in [7, 11) is 0. The van der Waals surface area contributed by atoms with Gasteiger partial charge in [-0.2, -0.15) is 4.99 Å². The van der Waals surface area contributed by atoms with Crippen LogP contribution in [-0.4, -0.2) is 27.0 Å². The van der Waals surface area contributed by atoms with Crippen molar-refractivity contribution in [3.05, 3.63) is 47.3 Å². The number of guanidine groups is 1. The predicted octanol–water partition coefficient (Wildman–Crippen LogP) is 1.85. The maximum Gasteiger partial charge on any atom is 0.335 e. The van der Waals surface area contributed by atoms with E-state index in [1.807, 2.05) is 19.9 Å². The molecule has 0 aliphatic heterocycles. The molecule has 108 valence electrons. The molecule has 0 aliphatic carbocycles. The number of benzene rings is 1. The van der Waals surface area contributed by atoms with Gasteiger partial charge in [0.1, 0.15) is 0 Å². The summed E-state index contributed by atoms with van der Waals surface area (Å²) in [6, 6.07) is 8.01. The molecule has 2 rings (SSSR count). The second-order valence-corrected chi connectivity index (χ2v) is 4.46. The van der Waals surface area contributed by atoms with Gasteiger partial charge < -0.3 is 16.2 Å². The van der Waals surface area contributed by atoms with Crippen LogP contribution in [0.5, 0.6) is 0 Å². The highest BCUT2D eigenvalue weighted by molar-refractivity contribution is 5.94. The topological polar surface area (TPSA) is 113 Å². The van der Waals surface area contributed by atoms with Gasteiger partial charge in [0.25, 0.3) is 5.95 Å². The van der Waals surface area contributed by atoms with Crippen molar-refractivity contribution in [2.75, 3.05) is 5.32 Å². The number of aromatic nitrogens is 2. The zero-order valence-electron chi connectivity index (χ0n) is 11.7. The van der Waals surface area contributed by atoms with Crippen LogP contribution in [0, 0.1) is 13.8 Å². The number of carboxylic acids is 1. The highest BCUT2D eigenvalue weighted by Crippen LogP contribution is 2.11. The second kappa shape index (κ2) is 6.00. The van der Waals surface area contributed by atoms with Crippen molar-refractivity contribution in [1.29, 1.82) is 0 Å². The normalized spacial score (nSPS) is 11.2. The molecule has 0 amide bonds. The van der Waals surface area contributed by atoms with Crippen molar-refractivity contribution >= 4 is 23.6 Å². The van der Waals surface area contributed by atoms with Crippen LogP contribution in [0.25, 0.3) is 0 Å². The standard InChI is InChI=1S/C14H15N5O2/c1-8-7-9(2)17-14(16-8)19-13(15)18-11-5-3-10(4-6-11)12(20)21/h3-7H,1-2H3,(H,20,21)(H3,15,16,17,18,19). The fourth-order valence-corrected chi connectivity index (χ4v) is 1.74. The molecular formula is C14H15N5O2. The summed E-state index contributed by atoms with van der Waals surface area (Å²) in [6.07, 6.45) is 0. The zero-order chi connectivity index (χ0) is 15.4. The summed E-state index contributed by atoms with van der Waals surface area (Å²) in [6.45, 7) is 3.70. The number of anilines is 1. The molecule has 7 heteroatoms. The van der Waals surface area contributed by atoms with Gasteiger partial charge in [0, 0.05) is 17.1 Å². The summed E-state index contributed by atoms with van der Waals surface area (Å²) >= 11 is 0. The molecular weight excluding hydrogens is 270 g/mol. The van der Waals surface area contributed by atoms with Gasteiger partial charge in [-0.1, -0.05) is 0 Å². The first-order valence-electron chi connectivity index (χ1n) is 6.21. The van der Waals surface area contributed by atoms with E-state index < -0.39 is 5.97 Å². The average molecular weight is 285 g/mol. The second-order valence-electron chi connectivity index (χ2n) is 4.46. The number of hydrogen-bond acceptors (Lipinski definition) is 4. The predicted molar refractivity (Wildman–Crippen MR) is 79.8 cm³/mol. The van der Waals surface area contributed by atoms with Crippen molar-refractivity contribution in [3.8, 4) is 0 Å². The van der Waals surface area contributed by atoms with E-state index in [-0.39, 0.29) is 17.5 Å².